The molecule has 3 rings (SSSR count). The van der Waals surface area contributed by atoms with Crippen molar-refractivity contribution in [3.05, 3.63) is 41.8 Å². The minimum Gasteiger partial charge on any atom is -0.362 e. The highest BCUT2D eigenvalue weighted by molar-refractivity contribution is 5.89. The Morgan fingerprint density at radius 1 is 1.14 bits per heavy atom. The van der Waals surface area contributed by atoms with Gasteiger partial charge < -0.3 is 15.2 Å². The second kappa shape index (κ2) is 5.78. The van der Waals surface area contributed by atoms with E-state index in [9.17, 15) is 0 Å². The summed E-state index contributed by atoms with van der Waals surface area (Å²) in [6.45, 7) is 5.23. The first kappa shape index (κ1) is 13.4. The number of nitrogens with one attached hydrogen (secondary N) is 2. The van der Waals surface area contributed by atoms with Crippen LogP contribution in [0.5, 0.6) is 0 Å². The van der Waals surface area contributed by atoms with Crippen molar-refractivity contribution in [2.24, 2.45) is 0 Å². The lowest BCUT2D eigenvalue weighted by Crippen LogP contribution is -2.07. The minimum atomic E-state index is 0.535. The van der Waals surface area contributed by atoms with Crippen LogP contribution in [0.15, 0.2) is 34.9 Å². The molecule has 0 unspecified atom stereocenters. The van der Waals surface area contributed by atoms with E-state index in [2.05, 4.69) is 25.8 Å². The van der Waals surface area contributed by atoms with Crippen LogP contribution in [0.2, 0.25) is 0 Å². The molecule has 0 radical (unpaired) electrons. The Morgan fingerprint density at radius 2 is 2.00 bits per heavy atom. The summed E-state index contributed by atoms with van der Waals surface area (Å²) in [5, 5.41) is 11.3. The van der Waals surface area contributed by atoms with Crippen molar-refractivity contribution in [1.82, 2.24) is 15.1 Å². The SMILES string of the molecule is CCNc1nc(NCc2cc(C)no2)c2ccccc2n1. The van der Waals surface area contributed by atoms with Crippen LogP contribution in [-0.4, -0.2) is 21.7 Å². The van der Waals surface area contributed by atoms with E-state index in [1.54, 1.807) is 0 Å². The Kier molecular flexibility index (Phi) is 3.68. The predicted octanol–water partition coefficient (Wildman–Crippen LogP) is 2.97. The molecule has 0 atom stereocenters. The maximum Gasteiger partial charge on any atom is 0.225 e. The Balaban J connectivity index is 1.91. The highest BCUT2D eigenvalue weighted by Gasteiger charge is 2.08. The van der Waals surface area contributed by atoms with Gasteiger partial charge in [-0.05, 0) is 26.0 Å². The summed E-state index contributed by atoms with van der Waals surface area (Å²) >= 11 is 0. The highest BCUT2D eigenvalue weighted by Crippen LogP contribution is 2.22. The van der Waals surface area contributed by atoms with Crippen LogP contribution in [0.25, 0.3) is 10.9 Å². The average Bonchev–Trinajstić information content (AvgIpc) is 2.91. The van der Waals surface area contributed by atoms with E-state index in [0.717, 1.165) is 34.7 Å². The quantitative estimate of drug-likeness (QED) is 0.749. The van der Waals surface area contributed by atoms with Crippen LogP contribution >= 0.6 is 0 Å². The van der Waals surface area contributed by atoms with Gasteiger partial charge in [-0.3, -0.25) is 0 Å². The summed E-state index contributed by atoms with van der Waals surface area (Å²) in [6, 6.07) is 9.82. The van der Waals surface area contributed by atoms with Crippen molar-refractivity contribution < 1.29 is 4.52 Å². The van der Waals surface area contributed by atoms with E-state index in [-0.39, 0.29) is 0 Å². The van der Waals surface area contributed by atoms with Gasteiger partial charge in [-0.25, -0.2) is 4.98 Å². The minimum absolute atomic E-state index is 0.535. The maximum absolute atomic E-state index is 5.20. The number of anilines is 2. The number of nitrogens with zero attached hydrogens (tertiary/aromatic N) is 3. The molecule has 2 N–H and O–H groups in total. The summed E-state index contributed by atoms with van der Waals surface area (Å²) in [5.74, 6) is 2.18. The molecule has 6 heteroatoms. The fraction of sp³-hybridized carbons (Fsp3) is 0.267. The van der Waals surface area contributed by atoms with Crippen molar-refractivity contribution in [3.63, 3.8) is 0 Å². The van der Waals surface area contributed by atoms with Crippen molar-refractivity contribution in [1.29, 1.82) is 0 Å². The predicted molar refractivity (Wildman–Crippen MR) is 82.3 cm³/mol. The van der Waals surface area contributed by atoms with Crippen molar-refractivity contribution in [3.8, 4) is 0 Å². The number of fused-ring (bicyclic) bond motifs is 1. The Labute approximate surface area is 122 Å². The first-order valence-electron chi connectivity index (χ1n) is 6.93. The standard InChI is InChI=1S/C15H17N5O/c1-3-16-15-18-13-7-5-4-6-12(13)14(19-15)17-9-11-8-10(2)20-21-11/h4-8H,3,9H2,1-2H3,(H2,16,17,18,19). The monoisotopic (exact) mass is 283 g/mol. The number of hydrogen-bond acceptors (Lipinski definition) is 6. The van der Waals surface area contributed by atoms with Crippen molar-refractivity contribution in [2.75, 3.05) is 17.2 Å². The first-order valence-corrected chi connectivity index (χ1v) is 6.93. The average molecular weight is 283 g/mol. The summed E-state index contributed by atoms with van der Waals surface area (Å²) in [4.78, 5) is 9.00. The zero-order valence-electron chi connectivity index (χ0n) is 12.1. The zero-order chi connectivity index (χ0) is 14.7. The lowest BCUT2D eigenvalue weighted by Gasteiger charge is -2.10. The number of rotatable bonds is 5. The number of benzene rings is 1. The number of para-hydroxylation sites is 1. The lowest BCUT2D eigenvalue weighted by atomic mass is 10.2. The molecule has 0 bridgehead atoms. The normalized spacial score (nSPS) is 10.8. The van der Waals surface area contributed by atoms with Gasteiger partial charge in [0, 0.05) is 18.0 Å². The number of hydrogen-bond donors (Lipinski definition) is 2. The second-order valence-corrected chi connectivity index (χ2v) is 4.73. The van der Waals surface area contributed by atoms with Gasteiger partial charge in [0.05, 0.1) is 17.8 Å². The highest BCUT2D eigenvalue weighted by atomic mass is 16.5. The van der Waals surface area contributed by atoms with Gasteiger partial charge in [-0.1, -0.05) is 17.3 Å². The largest absolute Gasteiger partial charge is 0.362 e. The Bertz CT molecular complexity index is 753. The molecule has 2 aromatic heterocycles. The fourth-order valence-corrected chi connectivity index (χ4v) is 2.12. The molecule has 2 heterocycles. The maximum atomic E-state index is 5.20. The number of aromatic nitrogens is 3. The van der Waals surface area contributed by atoms with Crippen LogP contribution in [0.4, 0.5) is 11.8 Å². The molecule has 0 saturated heterocycles. The van der Waals surface area contributed by atoms with Gasteiger partial charge in [0.1, 0.15) is 5.82 Å². The van der Waals surface area contributed by atoms with Gasteiger partial charge in [-0.2, -0.15) is 4.98 Å². The van der Waals surface area contributed by atoms with E-state index in [0.29, 0.717) is 12.5 Å². The van der Waals surface area contributed by atoms with Gasteiger partial charge in [0.25, 0.3) is 0 Å². The summed E-state index contributed by atoms with van der Waals surface area (Å²) in [7, 11) is 0. The van der Waals surface area contributed by atoms with E-state index in [1.165, 1.54) is 0 Å². The van der Waals surface area contributed by atoms with Gasteiger partial charge in [-0.15, -0.1) is 0 Å². The molecular weight excluding hydrogens is 266 g/mol. The second-order valence-electron chi connectivity index (χ2n) is 4.73. The molecule has 0 fully saturated rings. The third-order valence-corrected chi connectivity index (χ3v) is 3.04. The molecular formula is C15H17N5O. The molecule has 3 aromatic rings. The molecule has 0 amide bonds. The molecule has 1 aromatic carbocycles. The van der Waals surface area contributed by atoms with Gasteiger partial charge in [0.15, 0.2) is 5.76 Å². The van der Waals surface area contributed by atoms with Crippen molar-refractivity contribution in [2.45, 2.75) is 20.4 Å². The van der Waals surface area contributed by atoms with Gasteiger partial charge >= 0.3 is 0 Å². The van der Waals surface area contributed by atoms with Crippen LogP contribution in [0.3, 0.4) is 0 Å². The molecule has 0 spiro atoms. The van der Waals surface area contributed by atoms with E-state index < -0.39 is 0 Å². The van der Waals surface area contributed by atoms with Crippen LogP contribution in [0, 0.1) is 6.92 Å². The Hall–Kier alpha value is -2.63. The summed E-state index contributed by atoms with van der Waals surface area (Å²) in [6.07, 6.45) is 0. The summed E-state index contributed by atoms with van der Waals surface area (Å²) < 4.78 is 5.20. The molecule has 0 aliphatic carbocycles. The van der Waals surface area contributed by atoms with Gasteiger partial charge in [0.2, 0.25) is 5.95 Å². The zero-order valence-corrected chi connectivity index (χ0v) is 12.1. The van der Waals surface area contributed by atoms with Crippen molar-refractivity contribution >= 4 is 22.7 Å². The van der Waals surface area contributed by atoms with Crippen LogP contribution in [0.1, 0.15) is 18.4 Å². The topological polar surface area (TPSA) is 75.9 Å². The van der Waals surface area contributed by atoms with Crippen LogP contribution < -0.4 is 10.6 Å². The van der Waals surface area contributed by atoms with E-state index >= 15 is 0 Å². The third kappa shape index (κ3) is 2.94. The number of aryl methyl sites for hydroxylation is 1. The van der Waals surface area contributed by atoms with E-state index in [4.69, 9.17) is 4.52 Å². The molecule has 21 heavy (non-hydrogen) atoms. The molecule has 0 aliphatic rings. The molecule has 0 saturated carbocycles. The first-order chi connectivity index (χ1) is 10.3. The fourth-order valence-electron chi connectivity index (χ4n) is 2.12. The molecule has 6 nitrogen and oxygen atoms in total. The smallest absolute Gasteiger partial charge is 0.225 e. The lowest BCUT2D eigenvalue weighted by molar-refractivity contribution is 0.384. The van der Waals surface area contributed by atoms with Crippen LogP contribution in [-0.2, 0) is 6.54 Å². The molecule has 108 valence electrons. The summed E-state index contributed by atoms with van der Waals surface area (Å²) in [5.41, 5.74) is 1.77. The Morgan fingerprint density at radius 3 is 2.76 bits per heavy atom. The van der Waals surface area contributed by atoms with E-state index in [1.807, 2.05) is 44.2 Å². The molecule has 0 aliphatic heterocycles. The third-order valence-electron chi connectivity index (χ3n) is 3.04.